The molecule has 0 spiro atoms. The molecule has 0 aliphatic heterocycles. The van der Waals surface area contributed by atoms with Crippen molar-refractivity contribution in [2.75, 3.05) is 26.1 Å². The predicted molar refractivity (Wildman–Crippen MR) is 125 cm³/mol. The topological polar surface area (TPSA) is 90.7 Å². The molecule has 3 aromatic carbocycles. The zero-order chi connectivity index (χ0) is 25.0. The molecule has 0 saturated heterocycles. The fraction of sp³-hybridized carbons (Fsp3) is 0.160. The number of nitrogens with zero attached hydrogens (tertiary/aromatic N) is 1. The molecule has 35 heavy (non-hydrogen) atoms. The Morgan fingerprint density at radius 1 is 0.886 bits per heavy atom. The first-order valence-electron chi connectivity index (χ1n) is 10.5. The van der Waals surface area contributed by atoms with Gasteiger partial charge in [0.25, 0.3) is 0 Å². The molecular weight excluding hydrogens is 478 g/mol. The molecule has 10 heteroatoms. The first-order valence-corrected chi connectivity index (χ1v) is 12.0. The van der Waals surface area contributed by atoms with Gasteiger partial charge in [0.05, 0.1) is 19.1 Å². The van der Waals surface area contributed by atoms with Crippen LogP contribution in [-0.4, -0.2) is 34.2 Å². The Hall–Kier alpha value is -3.92. The maximum atomic E-state index is 13.4. The van der Waals surface area contributed by atoms with Crippen molar-refractivity contribution in [3.8, 4) is 23.0 Å². The summed E-state index contributed by atoms with van der Waals surface area (Å²) >= 11 is 0. The normalized spacial score (nSPS) is 11.3. The van der Waals surface area contributed by atoms with E-state index >= 15 is 0 Å². The Labute approximate surface area is 201 Å². The number of oxazole rings is 1. The van der Waals surface area contributed by atoms with Gasteiger partial charge in [-0.05, 0) is 72.6 Å². The molecule has 0 radical (unpaired) electrons. The van der Waals surface area contributed by atoms with E-state index in [0.717, 1.165) is 29.8 Å². The van der Waals surface area contributed by atoms with E-state index in [1.165, 1.54) is 31.4 Å². The van der Waals surface area contributed by atoms with Gasteiger partial charge in [0, 0.05) is 12.1 Å². The average Bonchev–Trinajstić information content (AvgIpc) is 3.29. The third-order valence-electron chi connectivity index (χ3n) is 5.21. The zero-order valence-corrected chi connectivity index (χ0v) is 19.7. The molecule has 0 aliphatic carbocycles. The Kier molecular flexibility index (Phi) is 7.02. The van der Waals surface area contributed by atoms with Gasteiger partial charge in [0.1, 0.15) is 11.6 Å². The SMILES string of the molecule is COc1ccc(CCNc2oc(-c3ccc(F)cc3)nc2S(=O)(=O)c2ccc(F)cc2)cc1OC. The predicted octanol–water partition coefficient (Wildman–Crippen LogP) is 5.12. The van der Waals surface area contributed by atoms with Crippen LogP contribution in [0.5, 0.6) is 11.5 Å². The number of nitrogens with one attached hydrogen (secondary N) is 1. The van der Waals surface area contributed by atoms with E-state index in [1.807, 2.05) is 12.1 Å². The summed E-state index contributed by atoms with van der Waals surface area (Å²) in [5, 5.41) is 2.64. The van der Waals surface area contributed by atoms with Crippen molar-refractivity contribution in [2.24, 2.45) is 0 Å². The lowest BCUT2D eigenvalue weighted by Crippen LogP contribution is -2.10. The molecule has 0 aliphatic rings. The molecule has 7 nitrogen and oxygen atoms in total. The van der Waals surface area contributed by atoms with Crippen molar-refractivity contribution in [3.63, 3.8) is 0 Å². The molecule has 4 rings (SSSR count). The number of sulfone groups is 1. The van der Waals surface area contributed by atoms with Crippen LogP contribution in [0.15, 0.2) is 81.1 Å². The second-order valence-corrected chi connectivity index (χ2v) is 9.35. The van der Waals surface area contributed by atoms with Crippen LogP contribution in [0, 0.1) is 11.6 Å². The monoisotopic (exact) mass is 500 g/mol. The molecule has 0 saturated carbocycles. The van der Waals surface area contributed by atoms with Crippen molar-refractivity contribution < 1.29 is 31.1 Å². The third kappa shape index (κ3) is 5.27. The molecule has 0 amide bonds. The molecule has 1 N–H and O–H groups in total. The number of hydrogen-bond donors (Lipinski definition) is 1. The molecule has 1 heterocycles. The second-order valence-electron chi connectivity index (χ2n) is 7.48. The van der Waals surface area contributed by atoms with Gasteiger partial charge in [-0.15, -0.1) is 0 Å². The molecular formula is C25H22F2N2O5S. The van der Waals surface area contributed by atoms with Crippen LogP contribution in [0.2, 0.25) is 0 Å². The molecule has 4 aromatic rings. The Morgan fingerprint density at radius 2 is 1.51 bits per heavy atom. The highest BCUT2D eigenvalue weighted by molar-refractivity contribution is 7.91. The number of anilines is 1. The number of hydrogen-bond acceptors (Lipinski definition) is 7. The van der Waals surface area contributed by atoms with E-state index in [1.54, 1.807) is 13.2 Å². The van der Waals surface area contributed by atoms with Gasteiger partial charge in [0.15, 0.2) is 11.5 Å². The minimum absolute atomic E-state index is 0.000645. The highest BCUT2D eigenvalue weighted by Gasteiger charge is 2.28. The van der Waals surface area contributed by atoms with Crippen LogP contribution in [0.4, 0.5) is 14.7 Å². The summed E-state index contributed by atoms with van der Waals surface area (Å²) in [4.78, 5) is 4.05. The van der Waals surface area contributed by atoms with Crippen molar-refractivity contribution >= 4 is 15.7 Å². The minimum atomic E-state index is -4.14. The van der Waals surface area contributed by atoms with Crippen molar-refractivity contribution in [3.05, 3.63) is 83.9 Å². The minimum Gasteiger partial charge on any atom is -0.493 e. The summed E-state index contributed by atoms with van der Waals surface area (Å²) in [6, 6.07) is 15.2. The second kappa shape index (κ2) is 10.1. The summed E-state index contributed by atoms with van der Waals surface area (Å²) in [5.41, 5.74) is 1.31. The van der Waals surface area contributed by atoms with Gasteiger partial charge in [-0.2, -0.15) is 4.98 Å². The smallest absolute Gasteiger partial charge is 0.233 e. The van der Waals surface area contributed by atoms with Crippen LogP contribution in [0.3, 0.4) is 0 Å². The maximum Gasteiger partial charge on any atom is 0.233 e. The summed E-state index contributed by atoms with van der Waals surface area (Å²) in [7, 11) is -1.06. The zero-order valence-electron chi connectivity index (χ0n) is 18.9. The average molecular weight is 501 g/mol. The molecule has 0 atom stereocenters. The number of rotatable bonds is 9. The van der Waals surface area contributed by atoms with Gasteiger partial charge in [0.2, 0.25) is 26.6 Å². The van der Waals surface area contributed by atoms with E-state index in [-0.39, 0.29) is 21.7 Å². The summed E-state index contributed by atoms with van der Waals surface area (Å²) in [6.45, 7) is 0.305. The molecule has 0 unspecified atom stereocenters. The molecule has 1 aromatic heterocycles. The van der Waals surface area contributed by atoms with Crippen LogP contribution in [-0.2, 0) is 16.3 Å². The number of ether oxygens (including phenoxy) is 2. The number of halogens is 2. The van der Waals surface area contributed by atoms with Crippen LogP contribution in [0.25, 0.3) is 11.5 Å². The lowest BCUT2D eigenvalue weighted by Gasteiger charge is -2.10. The summed E-state index contributed by atoms with van der Waals surface area (Å²) in [5.74, 6) is 0.0735. The maximum absolute atomic E-state index is 13.4. The quantitative estimate of drug-likeness (QED) is 0.319. The van der Waals surface area contributed by atoms with E-state index in [9.17, 15) is 17.2 Å². The first-order chi connectivity index (χ1) is 16.8. The molecule has 182 valence electrons. The van der Waals surface area contributed by atoms with Crippen LogP contribution >= 0.6 is 0 Å². The third-order valence-corrected chi connectivity index (χ3v) is 6.89. The lowest BCUT2D eigenvalue weighted by atomic mass is 10.1. The standard InChI is InChI=1S/C25H22F2N2O5S/c1-32-21-12-3-16(15-22(21)33-2)13-14-28-24-25(35(30,31)20-10-8-19(27)9-11-20)29-23(34-24)17-4-6-18(26)7-5-17/h3-12,15,28H,13-14H2,1-2H3. The largest absolute Gasteiger partial charge is 0.493 e. The lowest BCUT2D eigenvalue weighted by molar-refractivity contribution is 0.354. The number of methoxy groups -OCH3 is 2. The highest BCUT2D eigenvalue weighted by atomic mass is 32.2. The van der Waals surface area contributed by atoms with Gasteiger partial charge in [-0.25, -0.2) is 17.2 Å². The van der Waals surface area contributed by atoms with Gasteiger partial charge < -0.3 is 19.2 Å². The fourth-order valence-electron chi connectivity index (χ4n) is 3.40. The van der Waals surface area contributed by atoms with Crippen molar-refractivity contribution in [1.82, 2.24) is 4.98 Å². The van der Waals surface area contributed by atoms with E-state index in [0.29, 0.717) is 30.0 Å². The van der Waals surface area contributed by atoms with Crippen molar-refractivity contribution in [1.29, 1.82) is 0 Å². The van der Waals surface area contributed by atoms with Crippen molar-refractivity contribution in [2.45, 2.75) is 16.3 Å². The van der Waals surface area contributed by atoms with Gasteiger partial charge in [-0.3, -0.25) is 0 Å². The number of aromatic nitrogens is 1. The van der Waals surface area contributed by atoms with E-state index in [4.69, 9.17) is 13.9 Å². The summed E-state index contributed by atoms with van der Waals surface area (Å²) < 4.78 is 69.6. The summed E-state index contributed by atoms with van der Waals surface area (Å²) in [6.07, 6.45) is 0.503. The molecule has 0 bridgehead atoms. The number of benzene rings is 3. The fourth-order valence-corrected chi connectivity index (χ4v) is 4.68. The highest BCUT2D eigenvalue weighted by Crippen LogP contribution is 2.33. The van der Waals surface area contributed by atoms with Gasteiger partial charge >= 0.3 is 0 Å². The Bertz CT molecular complexity index is 1420. The molecule has 0 fully saturated rings. The Morgan fingerprint density at radius 3 is 2.14 bits per heavy atom. The van der Waals surface area contributed by atoms with Crippen LogP contribution in [0.1, 0.15) is 5.56 Å². The van der Waals surface area contributed by atoms with Gasteiger partial charge in [-0.1, -0.05) is 6.07 Å². The Balaban J connectivity index is 1.64. The van der Waals surface area contributed by atoms with E-state index in [2.05, 4.69) is 10.3 Å². The van der Waals surface area contributed by atoms with Crippen LogP contribution < -0.4 is 14.8 Å². The first kappa shape index (κ1) is 24.2. The van der Waals surface area contributed by atoms with E-state index < -0.39 is 21.5 Å².